The maximum atomic E-state index is 10.3. The summed E-state index contributed by atoms with van der Waals surface area (Å²) in [5.74, 6) is 1.46. The minimum Gasteiger partial charge on any atom is -0.497 e. The molecule has 0 aliphatic carbocycles. The monoisotopic (exact) mass is 286 g/mol. The molecule has 21 heavy (non-hydrogen) atoms. The van der Waals surface area contributed by atoms with Crippen LogP contribution in [0.1, 0.15) is 29.1 Å². The van der Waals surface area contributed by atoms with Gasteiger partial charge < -0.3 is 19.3 Å². The van der Waals surface area contributed by atoms with E-state index < -0.39 is 6.29 Å². The summed E-state index contributed by atoms with van der Waals surface area (Å²) >= 11 is 0. The predicted molar refractivity (Wildman–Crippen MR) is 78.5 cm³/mol. The molecule has 2 aromatic rings. The maximum Gasteiger partial charge on any atom is 0.185 e. The van der Waals surface area contributed by atoms with E-state index in [4.69, 9.17) is 14.2 Å². The van der Waals surface area contributed by atoms with Gasteiger partial charge in [0.05, 0.1) is 25.9 Å². The molecule has 2 unspecified atom stereocenters. The fourth-order valence-electron chi connectivity index (χ4n) is 2.71. The van der Waals surface area contributed by atoms with Crippen molar-refractivity contribution in [3.05, 3.63) is 59.2 Å². The van der Waals surface area contributed by atoms with Gasteiger partial charge in [-0.3, -0.25) is 0 Å². The van der Waals surface area contributed by atoms with Crippen molar-refractivity contribution in [3.8, 4) is 11.5 Å². The van der Waals surface area contributed by atoms with E-state index >= 15 is 0 Å². The fourth-order valence-corrected chi connectivity index (χ4v) is 2.71. The lowest BCUT2D eigenvalue weighted by molar-refractivity contribution is -0.152. The standard InChI is InChI=1S/C17H18O4/c1-19-13-8-6-11(7-9-13)15-10-12-4-3-5-14(20-2)16(12)17(18)21-15/h3-9,15,17-18H,10H2,1-2H3. The highest BCUT2D eigenvalue weighted by atomic mass is 16.6. The van der Waals surface area contributed by atoms with E-state index in [1.807, 2.05) is 42.5 Å². The summed E-state index contributed by atoms with van der Waals surface area (Å²) in [6.45, 7) is 0. The Morgan fingerprint density at radius 3 is 2.48 bits per heavy atom. The Labute approximate surface area is 123 Å². The molecular formula is C17H18O4. The number of rotatable bonds is 3. The molecular weight excluding hydrogens is 268 g/mol. The average Bonchev–Trinajstić information content (AvgIpc) is 2.54. The minimum atomic E-state index is -0.975. The van der Waals surface area contributed by atoms with Crippen molar-refractivity contribution < 1.29 is 19.3 Å². The van der Waals surface area contributed by atoms with Crippen LogP contribution in [0.25, 0.3) is 0 Å². The zero-order valence-electron chi connectivity index (χ0n) is 12.1. The number of fused-ring (bicyclic) bond motifs is 1. The number of hydrogen-bond donors (Lipinski definition) is 1. The van der Waals surface area contributed by atoms with Crippen LogP contribution >= 0.6 is 0 Å². The molecule has 0 aromatic heterocycles. The zero-order chi connectivity index (χ0) is 14.8. The van der Waals surface area contributed by atoms with Gasteiger partial charge in [-0.2, -0.15) is 0 Å². The fraction of sp³-hybridized carbons (Fsp3) is 0.294. The SMILES string of the molecule is COc1ccc(C2Cc3cccc(OC)c3C(O)O2)cc1. The second kappa shape index (κ2) is 5.76. The first kappa shape index (κ1) is 13.9. The van der Waals surface area contributed by atoms with Gasteiger partial charge in [0.1, 0.15) is 11.5 Å². The quantitative estimate of drug-likeness (QED) is 0.942. The Morgan fingerprint density at radius 2 is 1.81 bits per heavy atom. The van der Waals surface area contributed by atoms with Crippen LogP contribution in [0.3, 0.4) is 0 Å². The summed E-state index contributed by atoms with van der Waals surface area (Å²) < 4.78 is 16.2. The predicted octanol–water partition coefficient (Wildman–Crippen LogP) is 3.01. The highest BCUT2D eigenvalue weighted by Crippen LogP contribution is 2.40. The number of benzene rings is 2. The minimum absolute atomic E-state index is 0.175. The molecule has 4 nitrogen and oxygen atoms in total. The number of aliphatic hydroxyl groups excluding tert-OH is 1. The normalized spacial score (nSPS) is 20.7. The molecule has 0 saturated heterocycles. The lowest BCUT2D eigenvalue weighted by Crippen LogP contribution is -2.20. The second-order valence-electron chi connectivity index (χ2n) is 4.99. The van der Waals surface area contributed by atoms with E-state index in [2.05, 4.69) is 0 Å². The van der Waals surface area contributed by atoms with E-state index in [0.717, 1.165) is 22.4 Å². The van der Waals surface area contributed by atoms with Crippen LogP contribution in [0.15, 0.2) is 42.5 Å². The van der Waals surface area contributed by atoms with Gasteiger partial charge in [0.15, 0.2) is 6.29 Å². The Bertz CT molecular complexity index is 621. The third-order valence-electron chi connectivity index (χ3n) is 3.81. The second-order valence-corrected chi connectivity index (χ2v) is 4.99. The summed E-state index contributed by atoms with van der Waals surface area (Å²) in [4.78, 5) is 0. The molecule has 0 saturated carbocycles. The molecule has 1 aliphatic heterocycles. The molecule has 0 radical (unpaired) electrons. The Balaban J connectivity index is 1.91. The molecule has 2 atom stereocenters. The van der Waals surface area contributed by atoms with Crippen molar-refractivity contribution in [1.29, 1.82) is 0 Å². The zero-order valence-corrected chi connectivity index (χ0v) is 12.1. The maximum absolute atomic E-state index is 10.3. The lowest BCUT2D eigenvalue weighted by Gasteiger charge is -2.30. The first-order valence-electron chi connectivity index (χ1n) is 6.86. The lowest BCUT2D eigenvalue weighted by atomic mass is 9.93. The van der Waals surface area contributed by atoms with Crippen LogP contribution in [0.2, 0.25) is 0 Å². The van der Waals surface area contributed by atoms with Gasteiger partial charge in [-0.1, -0.05) is 24.3 Å². The van der Waals surface area contributed by atoms with Crippen molar-refractivity contribution >= 4 is 0 Å². The van der Waals surface area contributed by atoms with Crippen molar-refractivity contribution in [2.45, 2.75) is 18.8 Å². The molecule has 1 N–H and O–H groups in total. The van der Waals surface area contributed by atoms with Gasteiger partial charge in [0.2, 0.25) is 0 Å². The molecule has 110 valence electrons. The van der Waals surface area contributed by atoms with E-state index in [1.54, 1.807) is 14.2 Å². The summed E-state index contributed by atoms with van der Waals surface area (Å²) in [6.07, 6.45) is -0.446. The van der Waals surface area contributed by atoms with Gasteiger partial charge in [-0.05, 0) is 29.3 Å². The Kier molecular flexibility index (Phi) is 3.82. The Hall–Kier alpha value is -2.04. The van der Waals surface area contributed by atoms with Crippen LogP contribution in [0.5, 0.6) is 11.5 Å². The highest BCUT2D eigenvalue weighted by molar-refractivity contribution is 5.43. The largest absolute Gasteiger partial charge is 0.497 e. The molecule has 0 spiro atoms. The van der Waals surface area contributed by atoms with Crippen molar-refractivity contribution in [2.24, 2.45) is 0 Å². The van der Waals surface area contributed by atoms with Gasteiger partial charge in [-0.25, -0.2) is 0 Å². The van der Waals surface area contributed by atoms with Crippen molar-refractivity contribution in [3.63, 3.8) is 0 Å². The molecule has 0 bridgehead atoms. The number of methoxy groups -OCH3 is 2. The molecule has 1 aliphatic rings. The summed E-state index contributed by atoms with van der Waals surface area (Å²) in [6, 6.07) is 13.5. The number of ether oxygens (including phenoxy) is 3. The number of aliphatic hydroxyl groups is 1. The Morgan fingerprint density at radius 1 is 1.05 bits per heavy atom. The van der Waals surface area contributed by atoms with Gasteiger partial charge in [-0.15, -0.1) is 0 Å². The van der Waals surface area contributed by atoms with Crippen LogP contribution in [-0.2, 0) is 11.2 Å². The average molecular weight is 286 g/mol. The van der Waals surface area contributed by atoms with Gasteiger partial charge in [0.25, 0.3) is 0 Å². The van der Waals surface area contributed by atoms with E-state index in [0.29, 0.717) is 12.2 Å². The van der Waals surface area contributed by atoms with Crippen LogP contribution in [0, 0.1) is 0 Å². The first-order valence-corrected chi connectivity index (χ1v) is 6.86. The van der Waals surface area contributed by atoms with E-state index in [-0.39, 0.29) is 6.10 Å². The summed E-state index contributed by atoms with van der Waals surface area (Å²) in [7, 11) is 3.23. The van der Waals surface area contributed by atoms with Gasteiger partial charge >= 0.3 is 0 Å². The van der Waals surface area contributed by atoms with Crippen LogP contribution < -0.4 is 9.47 Å². The number of hydrogen-bond acceptors (Lipinski definition) is 4. The first-order chi connectivity index (χ1) is 10.2. The third-order valence-corrected chi connectivity index (χ3v) is 3.81. The van der Waals surface area contributed by atoms with Crippen LogP contribution in [0.4, 0.5) is 0 Å². The van der Waals surface area contributed by atoms with Crippen LogP contribution in [-0.4, -0.2) is 19.3 Å². The molecule has 0 fully saturated rings. The molecule has 0 amide bonds. The molecule has 3 rings (SSSR count). The third kappa shape index (κ3) is 2.60. The molecule has 4 heteroatoms. The van der Waals surface area contributed by atoms with E-state index in [1.165, 1.54) is 0 Å². The van der Waals surface area contributed by atoms with Crippen molar-refractivity contribution in [1.82, 2.24) is 0 Å². The molecule has 2 aromatic carbocycles. The van der Waals surface area contributed by atoms with E-state index in [9.17, 15) is 5.11 Å². The molecule has 1 heterocycles. The van der Waals surface area contributed by atoms with Crippen molar-refractivity contribution in [2.75, 3.05) is 14.2 Å². The smallest absolute Gasteiger partial charge is 0.185 e. The summed E-state index contributed by atoms with van der Waals surface area (Å²) in [5.41, 5.74) is 2.79. The van der Waals surface area contributed by atoms with Gasteiger partial charge in [0, 0.05) is 6.42 Å². The highest BCUT2D eigenvalue weighted by Gasteiger charge is 2.29. The topological polar surface area (TPSA) is 47.9 Å². The summed E-state index contributed by atoms with van der Waals surface area (Å²) in [5, 5.41) is 10.3.